The lowest BCUT2D eigenvalue weighted by Gasteiger charge is -2.19. The molecule has 0 saturated carbocycles. The standard InChI is InChI=1S/C17H21NO2/c1-12-6-5-7-13(10-12)17(18-2)14-8-9-15(19-3)16(11-14)20-4/h5-11,17-18H,1-4H3. The predicted octanol–water partition coefficient (Wildman–Crippen LogP) is 3.32. The summed E-state index contributed by atoms with van der Waals surface area (Å²) in [4.78, 5) is 0. The van der Waals surface area contributed by atoms with Gasteiger partial charge in [0.15, 0.2) is 11.5 Å². The van der Waals surface area contributed by atoms with Gasteiger partial charge in [0.25, 0.3) is 0 Å². The van der Waals surface area contributed by atoms with Crippen molar-refractivity contribution in [2.45, 2.75) is 13.0 Å². The van der Waals surface area contributed by atoms with Crippen molar-refractivity contribution >= 4 is 0 Å². The molecule has 1 N–H and O–H groups in total. The second-order valence-electron chi connectivity index (χ2n) is 4.75. The average molecular weight is 271 g/mol. The fraction of sp³-hybridized carbons (Fsp3) is 0.294. The third-order valence-corrected chi connectivity index (χ3v) is 3.41. The Morgan fingerprint density at radius 3 is 2.20 bits per heavy atom. The van der Waals surface area contributed by atoms with Gasteiger partial charge in [0.1, 0.15) is 0 Å². The fourth-order valence-electron chi connectivity index (χ4n) is 2.41. The Bertz CT molecular complexity index is 581. The maximum absolute atomic E-state index is 5.38. The Kier molecular flexibility index (Phi) is 4.64. The van der Waals surface area contributed by atoms with Crippen LogP contribution in [0.25, 0.3) is 0 Å². The molecule has 0 bridgehead atoms. The van der Waals surface area contributed by atoms with Gasteiger partial charge in [-0.3, -0.25) is 0 Å². The molecule has 1 unspecified atom stereocenters. The third-order valence-electron chi connectivity index (χ3n) is 3.41. The van der Waals surface area contributed by atoms with E-state index in [2.05, 4.69) is 42.6 Å². The van der Waals surface area contributed by atoms with Crippen LogP contribution in [0.2, 0.25) is 0 Å². The summed E-state index contributed by atoms with van der Waals surface area (Å²) < 4.78 is 10.7. The lowest BCUT2D eigenvalue weighted by Crippen LogP contribution is -2.17. The average Bonchev–Trinajstić information content (AvgIpc) is 2.48. The molecule has 0 aliphatic carbocycles. The highest BCUT2D eigenvalue weighted by atomic mass is 16.5. The van der Waals surface area contributed by atoms with Crippen molar-refractivity contribution in [2.75, 3.05) is 21.3 Å². The van der Waals surface area contributed by atoms with Crippen LogP contribution in [0, 0.1) is 6.92 Å². The highest BCUT2D eigenvalue weighted by Crippen LogP contribution is 2.32. The number of methoxy groups -OCH3 is 2. The lowest BCUT2D eigenvalue weighted by atomic mass is 9.97. The molecule has 3 heteroatoms. The summed E-state index contributed by atoms with van der Waals surface area (Å²) in [5, 5.41) is 3.35. The van der Waals surface area contributed by atoms with Gasteiger partial charge in [-0.25, -0.2) is 0 Å². The SMILES string of the molecule is CNC(c1cccc(C)c1)c1ccc(OC)c(OC)c1. The van der Waals surface area contributed by atoms with Crippen LogP contribution in [0.15, 0.2) is 42.5 Å². The normalized spacial score (nSPS) is 12.0. The van der Waals surface area contributed by atoms with Crippen LogP contribution in [-0.2, 0) is 0 Å². The van der Waals surface area contributed by atoms with Gasteiger partial charge < -0.3 is 14.8 Å². The Labute approximate surface area is 120 Å². The molecule has 2 aromatic rings. The summed E-state index contributed by atoms with van der Waals surface area (Å²) in [6.07, 6.45) is 0. The molecule has 0 amide bonds. The molecule has 0 radical (unpaired) electrons. The van der Waals surface area contributed by atoms with Crippen molar-refractivity contribution in [1.29, 1.82) is 0 Å². The Morgan fingerprint density at radius 2 is 1.60 bits per heavy atom. The number of hydrogen-bond donors (Lipinski definition) is 1. The smallest absolute Gasteiger partial charge is 0.161 e. The molecule has 2 aromatic carbocycles. The number of ether oxygens (including phenoxy) is 2. The van der Waals surface area contributed by atoms with Crippen molar-refractivity contribution in [3.05, 3.63) is 59.2 Å². The molecule has 0 aromatic heterocycles. The van der Waals surface area contributed by atoms with E-state index in [0.29, 0.717) is 0 Å². The number of benzene rings is 2. The van der Waals surface area contributed by atoms with Gasteiger partial charge in [-0.2, -0.15) is 0 Å². The van der Waals surface area contributed by atoms with Crippen LogP contribution >= 0.6 is 0 Å². The van der Waals surface area contributed by atoms with Crippen LogP contribution in [-0.4, -0.2) is 21.3 Å². The van der Waals surface area contributed by atoms with Crippen molar-refractivity contribution in [3.63, 3.8) is 0 Å². The molecule has 0 aliphatic heterocycles. The van der Waals surface area contributed by atoms with Crippen LogP contribution in [0.3, 0.4) is 0 Å². The summed E-state index contributed by atoms with van der Waals surface area (Å²) in [5.41, 5.74) is 3.64. The van der Waals surface area contributed by atoms with Gasteiger partial charge >= 0.3 is 0 Å². The van der Waals surface area contributed by atoms with Gasteiger partial charge in [-0.15, -0.1) is 0 Å². The second kappa shape index (κ2) is 6.44. The van der Waals surface area contributed by atoms with Crippen LogP contribution in [0.5, 0.6) is 11.5 Å². The molecular formula is C17H21NO2. The molecule has 0 heterocycles. The zero-order valence-corrected chi connectivity index (χ0v) is 12.4. The van der Waals surface area contributed by atoms with Crippen molar-refractivity contribution in [3.8, 4) is 11.5 Å². The van der Waals surface area contributed by atoms with Gasteiger partial charge in [0.05, 0.1) is 20.3 Å². The quantitative estimate of drug-likeness (QED) is 0.905. The first-order valence-electron chi connectivity index (χ1n) is 6.65. The minimum atomic E-state index is 0.134. The van der Waals surface area contributed by atoms with E-state index in [1.165, 1.54) is 11.1 Å². The Balaban J connectivity index is 2.41. The summed E-state index contributed by atoms with van der Waals surface area (Å²) in [5.74, 6) is 1.49. The summed E-state index contributed by atoms with van der Waals surface area (Å²) >= 11 is 0. The van der Waals surface area contributed by atoms with Gasteiger partial charge in [-0.05, 0) is 37.2 Å². The molecule has 3 nitrogen and oxygen atoms in total. The molecule has 0 saturated heterocycles. The highest BCUT2D eigenvalue weighted by molar-refractivity contribution is 5.46. The third kappa shape index (κ3) is 2.94. The van der Waals surface area contributed by atoms with E-state index in [1.807, 2.05) is 19.2 Å². The van der Waals surface area contributed by atoms with E-state index in [0.717, 1.165) is 17.1 Å². The summed E-state index contributed by atoms with van der Waals surface area (Å²) in [6, 6.07) is 14.7. The first-order chi connectivity index (χ1) is 9.69. The highest BCUT2D eigenvalue weighted by Gasteiger charge is 2.14. The topological polar surface area (TPSA) is 30.5 Å². The first-order valence-corrected chi connectivity index (χ1v) is 6.65. The molecule has 0 aliphatic rings. The minimum Gasteiger partial charge on any atom is -0.493 e. The largest absolute Gasteiger partial charge is 0.493 e. The molecule has 0 spiro atoms. The number of nitrogens with one attached hydrogen (secondary N) is 1. The first kappa shape index (κ1) is 14.4. The van der Waals surface area contributed by atoms with E-state index in [-0.39, 0.29) is 6.04 Å². The van der Waals surface area contributed by atoms with Crippen molar-refractivity contribution < 1.29 is 9.47 Å². The summed E-state index contributed by atoms with van der Waals surface area (Å²) in [7, 11) is 5.26. The Morgan fingerprint density at radius 1 is 0.900 bits per heavy atom. The molecule has 20 heavy (non-hydrogen) atoms. The second-order valence-corrected chi connectivity index (χ2v) is 4.75. The van der Waals surface area contributed by atoms with Gasteiger partial charge in [0.2, 0.25) is 0 Å². The van der Waals surface area contributed by atoms with Crippen molar-refractivity contribution in [1.82, 2.24) is 5.32 Å². The van der Waals surface area contributed by atoms with Gasteiger partial charge in [-0.1, -0.05) is 35.9 Å². The molecule has 1 atom stereocenters. The van der Waals surface area contributed by atoms with Crippen LogP contribution in [0.1, 0.15) is 22.7 Å². The molecule has 0 fully saturated rings. The minimum absolute atomic E-state index is 0.134. The summed E-state index contributed by atoms with van der Waals surface area (Å²) in [6.45, 7) is 2.10. The monoisotopic (exact) mass is 271 g/mol. The molecule has 2 rings (SSSR count). The number of hydrogen-bond acceptors (Lipinski definition) is 3. The molecule has 106 valence electrons. The Hall–Kier alpha value is -2.00. The number of rotatable bonds is 5. The van der Waals surface area contributed by atoms with Crippen molar-refractivity contribution in [2.24, 2.45) is 0 Å². The van der Waals surface area contributed by atoms with Crippen LogP contribution in [0.4, 0.5) is 0 Å². The fourth-order valence-corrected chi connectivity index (χ4v) is 2.41. The van der Waals surface area contributed by atoms with E-state index in [9.17, 15) is 0 Å². The van der Waals surface area contributed by atoms with E-state index >= 15 is 0 Å². The zero-order chi connectivity index (χ0) is 14.5. The molecular weight excluding hydrogens is 250 g/mol. The van der Waals surface area contributed by atoms with Crippen LogP contribution < -0.4 is 14.8 Å². The number of aryl methyl sites for hydroxylation is 1. The van der Waals surface area contributed by atoms with E-state index in [4.69, 9.17) is 9.47 Å². The predicted molar refractivity (Wildman–Crippen MR) is 81.6 cm³/mol. The zero-order valence-electron chi connectivity index (χ0n) is 12.4. The van der Waals surface area contributed by atoms with Gasteiger partial charge in [0, 0.05) is 0 Å². The maximum atomic E-state index is 5.38. The maximum Gasteiger partial charge on any atom is 0.161 e. The van der Waals surface area contributed by atoms with E-state index < -0.39 is 0 Å². The van der Waals surface area contributed by atoms with E-state index in [1.54, 1.807) is 14.2 Å². The lowest BCUT2D eigenvalue weighted by molar-refractivity contribution is 0.354.